The molecule has 5 rings (SSSR count). The Morgan fingerprint density at radius 2 is 2.13 bits per heavy atom. The molecule has 0 atom stereocenters. The Balaban J connectivity index is 1.27. The summed E-state index contributed by atoms with van der Waals surface area (Å²) < 4.78 is 5.54. The van der Waals surface area contributed by atoms with Crippen LogP contribution in [0, 0.1) is 0 Å². The van der Waals surface area contributed by atoms with Gasteiger partial charge >= 0.3 is 0 Å². The van der Waals surface area contributed by atoms with E-state index < -0.39 is 0 Å². The van der Waals surface area contributed by atoms with E-state index in [9.17, 15) is 4.79 Å². The second kappa shape index (κ2) is 7.77. The molecule has 0 aromatic carbocycles. The Kier molecular flexibility index (Phi) is 4.79. The van der Waals surface area contributed by atoms with Gasteiger partial charge in [-0.3, -0.25) is 13.9 Å². The van der Waals surface area contributed by atoms with Crippen LogP contribution in [-0.2, 0) is 13.1 Å². The molecule has 5 aromatic rings. The summed E-state index contributed by atoms with van der Waals surface area (Å²) in [6.45, 7) is 0.752. The molecule has 31 heavy (non-hydrogen) atoms. The van der Waals surface area contributed by atoms with Gasteiger partial charge in [0, 0.05) is 30.7 Å². The lowest BCUT2D eigenvalue weighted by atomic mass is 10.3. The first kappa shape index (κ1) is 19.1. The second-order valence-electron chi connectivity index (χ2n) is 7.06. The monoisotopic (exact) mass is 434 g/mol. The summed E-state index contributed by atoms with van der Waals surface area (Å²) in [6, 6.07) is 9.48. The molecule has 10 heteroatoms. The molecule has 0 unspecified atom stereocenters. The number of carbonyl (C=O) groups excluding carboxylic acids is 1. The van der Waals surface area contributed by atoms with E-state index in [0.717, 1.165) is 28.4 Å². The van der Waals surface area contributed by atoms with Gasteiger partial charge in [-0.25, -0.2) is 9.97 Å². The van der Waals surface area contributed by atoms with Gasteiger partial charge in [0.1, 0.15) is 11.5 Å². The quantitative estimate of drug-likeness (QED) is 0.428. The van der Waals surface area contributed by atoms with E-state index in [1.807, 2.05) is 52.5 Å². The van der Waals surface area contributed by atoms with Crippen LogP contribution in [0.4, 0.5) is 5.82 Å². The van der Waals surface area contributed by atoms with Gasteiger partial charge in [-0.2, -0.15) is 5.10 Å². The van der Waals surface area contributed by atoms with Gasteiger partial charge < -0.3 is 15.0 Å². The van der Waals surface area contributed by atoms with Crippen LogP contribution in [0.5, 0.6) is 0 Å². The van der Waals surface area contributed by atoms with Crippen molar-refractivity contribution in [1.29, 1.82) is 0 Å². The highest BCUT2D eigenvalue weighted by Gasteiger charge is 2.12. The first-order valence-electron chi connectivity index (χ1n) is 9.67. The summed E-state index contributed by atoms with van der Waals surface area (Å²) >= 11 is 6.07. The van der Waals surface area contributed by atoms with Crippen LogP contribution in [0.25, 0.3) is 11.2 Å². The van der Waals surface area contributed by atoms with Gasteiger partial charge in [0.15, 0.2) is 0 Å². The molecule has 0 aliphatic carbocycles. The largest absolute Gasteiger partial charge is 0.374 e. The molecule has 2 N–H and O–H groups in total. The zero-order valence-electron chi connectivity index (χ0n) is 16.7. The van der Waals surface area contributed by atoms with E-state index in [4.69, 9.17) is 11.6 Å². The molecule has 0 radical (unpaired) electrons. The predicted octanol–water partition coefficient (Wildman–Crippen LogP) is 2.85. The summed E-state index contributed by atoms with van der Waals surface area (Å²) in [5, 5.41) is 11.0. The van der Waals surface area contributed by atoms with Crippen molar-refractivity contribution in [1.82, 2.24) is 33.9 Å². The van der Waals surface area contributed by atoms with Crippen molar-refractivity contribution < 1.29 is 4.79 Å². The number of halogens is 1. The maximum Gasteiger partial charge on any atom is 0.254 e. The first-order valence-corrected chi connectivity index (χ1v) is 10.0. The lowest BCUT2D eigenvalue weighted by Crippen LogP contribution is -2.22. The molecule has 0 saturated heterocycles. The SMILES string of the molecule is CNc1cccc2nc(Cn3cc(C(=O)NCc4ncn5ccc(Cl)cc45)cn3)cn12. The van der Waals surface area contributed by atoms with Gasteiger partial charge in [-0.15, -0.1) is 0 Å². The molecule has 5 aromatic heterocycles. The molecule has 0 aliphatic rings. The van der Waals surface area contributed by atoms with Crippen LogP contribution in [-0.4, -0.2) is 41.5 Å². The van der Waals surface area contributed by atoms with Gasteiger partial charge in [0.2, 0.25) is 0 Å². The smallest absolute Gasteiger partial charge is 0.254 e. The molecule has 156 valence electrons. The number of aromatic nitrogens is 6. The molecule has 5 heterocycles. The third kappa shape index (κ3) is 3.71. The predicted molar refractivity (Wildman–Crippen MR) is 117 cm³/mol. The summed E-state index contributed by atoms with van der Waals surface area (Å²) in [4.78, 5) is 21.5. The number of nitrogens with zero attached hydrogens (tertiary/aromatic N) is 6. The maximum absolute atomic E-state index is 12.6. The molecular formula is C21H19ClN8O. The molecule has 9 nitrogen and oxygen atoms in total. The minimum absolute atomic E-state index is 0.220. The molecule has 0 aliphatic heterocycles. The fourth-order valence-electron chi connectivity index (χ4n) is 3.49. The van der Waals surface area contributed by atoms with E-state index in [0.29, 0.717) is 23.7 Å². The summed E-state index contributed by atoms with van der Waals surface area (Å²) in [5.74, 6) is 0.728. The summed E-state index contributed by atoms with van der Waals surface area (Å²) in [6.07, 6.45) is 8.74. The van der Waals surface area contributed by atoms with Crippen molar-refractivity contribution >= 4 is 34.5 Å². The van der Waals surface area contributed by atoms with E-state index in [2.05, 4.69) is 25.7 Å². The van der Waals surface area contributed by atoms with E-state index in [1.54, 1.807) is 29.5 Å². The fourth-order valence-corrected chi connectivity index (χ4v) is 3.65. The Bertz CT molecular complexity index is 1400. The third-order valence-corrected chi connectivity index (χ3v) is 5.25. The maximum atomic E-state index is 12.6. The third-order valence-electron chi connectivity index (χ3n) is 5.01. The lowest BCUT2D eigenvalue weighted by molar-refractivity contribution is 0.0950. The van der Waals surface area contributed by atoms with Gasteiger partial charge in [0.05, 0.1) is 48.1 Å². The lowest BCUT2D eigenvalue weighted by Gasteiger charge is -2.02. The second-order valence-corrected chi connectivity index (χ2v) is 7.50. The Morgan fingerprint density at radius 1 is 1.23 bits per heavy atom. The average molecular weight is 435 g/mol. The number of hydrogen-bond donors (Lipinski definition) is 2. The van der Waals surface area contributed by atoms with Crippen molar-refractivity contribution in [3.05, 3.63) is 83.4 Å². The molecule has 0 bridgehead atoms. The van der Waals surface area contributed by atoms with Crippen LogP contribution < -0.4 is 10.6 Å². The van der Waals surface area contributed by atoms with Crippen molar-refractivity contribution in [2.75, 3.05) is 12.4 Å². The van der Waals surface area contributed by atoms with Crippen molar-refractivity contribution in [3.8, 4) is 0 Å². The zero-order chi connectivity index (χ0) is 21.4. The molecule has 0 fully saturated rings. The number of imidazole rings is 2. The number of nitrogens with one attached hydrogen (secondary N) is 2. The highest BCUT2D eigenvalue weighted by atomic mass is 35.5. The number of amides is 1. The Hall–Kier alpha value is -3.85. The van der Waals surface area contributed by atoms with Crippen LogP contribution in [0.2, 0.25) is 5.02 Å². The van der Waals surface area contributed by atoms with Gasteiger partial charge in [0.25, 0.3) is 5.91 Å². The highest BCUT2D eigenvalue weighted by Crippen LogP contribution is 2.16. The van der Waals surface area contributed by atoms with Crippen LogP contribution in [0.3, 0.4) is 0 Å². The zero-order valence-corrected chi connectivity index (χ0v) is 17.4. The van der Waals surface area contributed by atoms with Crippen LogP contribution in [0.1, 0.15) is 21.7 Å². The molecule has 0 saturated carbocycles. The molecule has 1 amide bonds. The van der Waals surface area contributed by atoms with Crippen LogP contribution >= 0.6 is 11.6 Å². The standard InChI is InChI=1S/C21H19ClN8O/c1-23-19-3-2-4-20-27-16(12-30(19)20)11-29-10-14(8-26-29)21(31)24-9-17-18-7-15(22)5-6-28(18)13-25-17/h2-8,10,12-13,23H,9,11H2,1H3,(H,24,31). The van der Waals surface area contributed by atoms with Crippen molar-refractivity contribution in [2.45, 2.75) is 13.1 Å². The number of rotatable bonds is 6. The molecular weight excluding hydrogens is 416 g/mol. The normalized spacial score (nSPS) is 11.3. The summed E-state index contributed by atoms with van der Waals surface area (Å²) in [5.41, 5.74) is 3.77. The minimum atomic E-state index is -0.220. The first-order chi connectivity index (χ1) is 15.1. The fraction of sp³-hybridized carbons (Fsp3) is 0.143. The average Bonchev–Trinajstić information content (AvgIpc) is 3.49. The van der Waals surface area contributed by atoms with E-state index >= 15 is 0 Å². The highest BCUT2D eigenvalue weighted by molar-refractivity contribution is 6.30. The van der Waals surface area contributed by atoms with Crippen LogP contribution in [0.15, 0.2) is 61.4 Å². The number of hydrogen-bond acceptors (Lipinski definition) is 5. The molecule has 0 spiro atoms. The number of carbonyl (C=O) groups is 1. The minimum Gasteiger partial charge on any atom is -0.374 e. The number of pyridine rings is 2. The summed E-state index contributed by atoms with van der Waals surface area (Å²) in [7, 11) is 1.87. The Morgan fingerprint density at radius 3 is 3.00 bits per heavy atom. The number of fused-ring (bicyclic) bond motifs is 2. The Labute approximate surface area is 182 Å². The van der Waals surface area contributed by atoms with Gasteiger partial charge in [-0.1, -0.05) is 17.7 Å². The van der Waals surface area contributed by atoms with E-state index in [-0.39, 0.29) is 5.91 Å². The topological polar surface area (TPSA) is 93.5 Å². The number of anilines is 1. The van der Waals surface area contributed by atoms with Gasteiger partial charge in [-0.05, 0) is 24.3 Å². The van der Waals surface area contributed by atoms with E-state index in [1.165, 1.54) is 0 Å². The van der Waals surface area contributed by atoms with Crippen molar-refractivity contribution in [3.63, 3.8) is 0 Å². The van der Waals surface area contributed by atoms with Crippen molar-refractivity contribution in [2.24, 2.45) is 0 Å².